The van der Waals surface area contributed by atoms with Gasteiger partial charge in [0.15, 0.2) is 0 Å². The molecular weight excluding hydrogens is 206 g/mol. The third-order valence-electron chi connectivity index (χ3n) is 2.89. The second kappa shape index (κ2) is 6.06. The molecule has 0 bridgehead atoms. The van der Waals surface area contributed by atoms with E-state index in [0.29, 0.717) is 19.6 Å². The number of carbonyl (C=O) groups excluding carboxylic acids is 1. The molecule has 1 aliphatic rings. The fourth-order valence-electron chi connectivity index (χ4n) is 2.03. The van der Waals surface area contributed by atoms with Crippen LogP contribution in [0.2, 0.25) is 0 Å². The first-order valence-corrected chi connectivity index (χ1v) is 6.01. The van der Waals surface area contributed by atoms with E-state index in [9.17, 15) is 4.79 Å². The highest BCUT2D eigenvalue weighted by Crippen LogP contribution is 2.12. The molecule has 2 atom stereocenters. The molecule has 1 rings (SSSR count). The topological polar surface area (TPSA) is 58.8 Å². The van der Waals surface area contributed by atoms with Crippen LogP contribution in [0.25, 0.3) is 0 Å². The van der Waals surface area contributed by atoms with E-state index in [1.54, 1.807) is 0 Å². The SMILES string of the molecule is CCN(CC)C(=O)N1CC(C)OC(CN)C1. The van der Waals surface area contributed by atoms with Crippen LogP contribution < -0.4 is 5.73 Å². The van der Waals surface area contributed by atoms with E-state index >= 15 is 0 Å². The molecule has 2 amide bonds. The summed E-state index contributed by atoms with van der Waals surface area (Å²) < 4.78 is 5.63. The lowest BCUT2D eigenvalue weighted by molar-refractivity contribution is -0.0620. The van der Waals surface area contributed by atoms with Gasteiger partial charge in [0.05, 0.1) is 12.2 Å². The average molecular weight is 229 g/mol. The van der Waals surface area contributed by atoms with Crippen molar-refractivity contribution in [2.24, 2.45) is 5.73 Å². The molecule has 2 unspecified atom stereocenters. The molecule has 2 N–H and O–H groups in total. The van der Waals surface area contributed by atoms with Gasteiger partial charge in [-0.1, -0.05) is 0 Å². The zero-order valence-electron chi connectivity index (χ0n) is 10.5. The van der Waals surface area contributed by atoms with Crippen LogP contribution in [0, 0.1) is 0 Å². The number of nitrogens with two attached hydrogens (primary N) is 1. The second-order valence-corrected chi connectivity index (χ2v) is 4.16. The minimum atomic E-state index is -0.0248. The van der Waals surface area contributed by atoms with Gasteiger partial charge in [-0.15, -0.1) is 0 Å². The zero-order chi connectivity index (χ0) is 12.1. The maximum absolute atomic E-state index is 12.1. The smallest absolute Gasteiger partial charge is 0.320 e. The third-order valence-corrected chi connectivity index (χ3v) is 2.89. The molecule has 16 heavy (non-hydrogen) atoms. The molecule has 0 spiro atoms. The van der Waals surface area contributed by atoms with Gasteiger partial charge in [-0.3, -0.25) is 0 Å². The van der Waals surface area contributed by atoms with Crippen LogP contribution >= 0.6 is 0 Å². The molecular formula is C11H23N3O2. The Bertz CT molecular complexity index is 231. The van der Waals surface area contributed by atoms with E-state index in [1.807, 2.05) is 30.6 Å². The van der Waals surface area contributed by atoms with Gasteiger partial charge in [0.1, 0.15) is 0 Å². The van der Waals surface area contributed by atoms with Crippen LogP contribution in [0.5, 0.6) is 0 Å². The summed E-state index contributed by atoms with van der Waals surface area (Å²) in [5.41, 5.74) is 5.59. The summed E-state index contributed by atoms with van der Waals surface area (Å²) in [5, 5.41) is 0. The van der Waals surface area contributed by atoms with Crippen molar-refractivity contribution in [3.8, 4) is 0 Å². The number of morpholine rings is 1. The Hall–Kier alpha value is -0.810. The summed E-state index contributed by atoms with van der Waals surface area (Å²) in [7, 11) is 0. The van der Waals surface area contributed by atoms with E-state index in [1.165, 1.54) is 0 Å². The zero-order valence-corrected chi connectivity index (χ0v) is 10.5. The van der Waals surface area contributed by atoms with Crippen molar-refractivity contribution in [3.05, 3.63) is 0 Å². The van der Waals surface area contributed by atoms with Crippen LogP contribution in [0.15, 0.2) is 0 Å². The molecule has 0 aromatic carbocycles. The number of carbonyl (C=O) groups is 1. The minimum Gasteiger partial charge on any atom is -0.370 e. The summed E-state index contributed by atoms with van der Waals surface area (Å²) in [6, 6.07) is 0.0959. The largest absolute Gasteiger partial charge is 0.370 e. The van der Waals surface area contributed by atoms with Crippen LogP contribution in [0.4, 0.5) is 4.79 Å². The van der Waals surface area contributed by atoms with Gasteiger partial charge in [0, 0.05) is 32.7 Å². The number of nitrogens with zero attached hydrogens (tertiary/aromatic N) is 2. The fraction of sp³-hybridized carbons (Fsp3) is 0.909. The predicted octanol–water partition coefficient (Wildman–Crippen LogP) is 0.496. The Balaban J connectivity index is 2.60. The molecule has 1 heterocycles. The Morgan fingerprint density at radius 1 is 1.44 bits per heavy atom. The third kappa shape index (κ3) is 3.09. The van der Waals surface area contributed by atoms with Gasteiger partial charge in [-0.2, -0.15) is 0 Å². The van der Waals surface area contributed by atoms with Gasteiger partial charge in [0.2, 0.25) is 0 Å². The molecule has 1 aliphatic heterocycles. The average Bonchev–Trinajstić information content (AvgIpc) is 2.29. The molecule has 0 aromatic rings. The van der Waals surface area contributed by atoms with E-state index in [2.05, 4.69) is 0 Å². The first-order valence-electron chi connectivity index (χ1n) is 6.01. The summed E-state index contributed by atoms with van der Waals surface area (Å²) in [4.78, 5) is 15.8. The highest BCUT2D eigenvalue weighted by atomic mass is 16.5. The van der Waals surface area contributed by atoms with Crippen LogP contribution in [0.3, 0.4) is 0 Å². The standard InChI is InChI=1S/C11H23N3O2/c1-4-13(5-2)11(15)14-7-9(3)16-10(6-12)8-14/h9-10H,4-8,12H2,1-3H3. The fourth-order valence-corrected chi connectivity index (χ4v) is 2.03. The van der Waals surface area contributed by atoms with Crippen molar-refractivity contribution in [1.29, 1.82) is 0 Å². The van der Waals surface area contributed by atoms with Gasteiger partial charge in [-0.25, -0.2) is 4.79 Å². The second-order valence-electron chi connectivity index (χ2n) is 4.16. The molecule has 5 nitrogen and oxygen atoms in total. The maximum atomic E-state index is 12.1. The van der Waals surface area contributed by atoms with Gasteiger partial charge in [0.25, 0.3) is 0 Å². The number of ether oxygens (including phenoxy) is 1. The molecule has 94 valence electrons. The lowest BCUT2D eigenvalue weighted by Gasteiger charge is -2.38. The number of urea groups is 1. The Kier molecular flexibility index (Phi) is 5.02. The molecule has 5 heteroatoms. The van der Waals surface area contributed by atoms with E-state index in [0.717, 1.165) is 13.1 Å². The number of rotatable bonds is 3. The number of hydrogen-bond acceptors (Lipinski definition) is 3. The Morgan fingerprint density at radius 2 is 2.06 bits per heavy atom. The molecule has 0 saturated carbocycles. The summed E-state index contributed by atoms with van der Waals surface area (Å²) in [6.07, 6.45) is 0.0464. The van der Waals surface area contributed by atoms with E-state index in [4.69, 9.17) is 10.5 Å². The van der Waals surface area contributed by atoms with E-state index < -0.39 is 0 Å². The minimum absolute atomic E-state index is 0.0248. The highest BCUT2D eigenvalue weighted by Gasteiger charge is 2.29. The van der Waals surface area contributed by atoms with Crippen molar-refractivity contribution in [3.63, 3.8) is 0 Å². The lowest BCUT2D eigenvalue weighted by atomic mass is 10.2. The van der Waals surface area contributed by atoms with Crippen molar-refractivity contribution in [2.75, 3.05) is 32.7 Å². The first kappa shape index (κ1) is 13.3. The summed E-state index contributed by atoms with van der Waals surface area (Å²) in [6.45, 7) is 9.18. The van der Waals surface area contributed by atoms with Crippen LogP contribution in [-0.4, -0.2) is 60.8 Å². The quantitative estimate of drug-likeness (QED) is 0.766. The van der Waals surface area contributed by atoms with Gasteiger partial charge >= 0.3 is 6.03 Å². The van der Waals surface area contributed by atoms with Crippen molar-refractivity contribution in [2.45, 2.75) is 33.0 Å². The van der Waals surface area contributed by atoms with Crippen molar-refractivity contribution >= 4 is 6.03 Å². The molecule has 0 aliphatic carbocycles. The van der Waals surface area contributed by atoms with Crippen molar-refractivity contribution < 1.29 is 9.53 Å². The predicted molar refractivity (Wildman–Crippen MR) is 63.3 cm³/mol. The van der Waals surface area contributed by atoms with Crippen LogP contribution in [-0.2, 0) is 4.74 Å². The normalized spacial score (nSPS) is 25.6. The van der Waals surface area contributed by atoms with Crippen LogP contribution in [0.1, 0.15) is 20.8 Å². The van der Waals surface area contributed by atoms with Gasteiger partial charge in [-0.05, 0) is 20.8 Å². The van der Waals surface area contributed by atoms with Gasteiger partial charge < -0.3 is 20.3 Å². The molecule has 1 saturated heterocycles. The molecule has 1 fully saturated rings. The lowest BCUT2D eigenvalue weighted by Crippen LogP contribution is -2.54. The highest BCUT2D eigenvalue weighted by molar-refractivity contribution is 5.74. The van der Waals surface area contributed by atoms with E-state index in [-0.39, 0.29) is 18.2 Å². The maximum Gasteiger partial charge on any atom is 0.320 e. The number of amides is 2. The first-order chi connectivity index (χ1) is 7.62. The monoisotopic (exact) mass is 229 g/mol. The molecule has 0 radical (unpaired) electrons. The molecule has 0 aromatic heterocycles. The Labute approximate surface area is 97.5 Å². The summed E-state index contributed by atoms with van der Waals surface area (Å²) >= 11 is 0. The number of hydrogen-bond donors (Lipinski definition) is 1. The van der Waals surface area contributed by atoms with Crippen molar-refractivity contribution in [1.82, 2.24) is 9.80 Å². The summed E-state index contributed by atoms with van der Waals surface area (Å²) in [5.74, 6) is 0. The Morgan fingerprint density at radius 3 is 2.56 bits per heavy atom.